The molecule has 1 N–H and O–H groups in total. The van der Waals surface area contributed by atoms with Crippen LogP contribution in [-0.4, -0.2) is 24.3 Å². The molecule has 1 unspecified atom stereocenters. The molecule has 0 aliphatic rings. The van der Waals surface area contributed by atoms with Gasteiger partial charge in [-0.15, -0.1) is 0 Å². The third-order valence-corrected chi connectivity index (χ3v) is 2.02. The number of hydrogen-bond donors (Lipinski definition) is 1. The molecule has 0 saturated heterocycles. The van der Waals surface area contributed by atoms with Gasteiger partial charge in [-0.25, -0.2) is 0 Å². The maximum atomic E-state index is 5.84. The summed E-state index contributed by atoms with van der Waals surface area (Å²) in [7, 11) is 0. The number of hydrogen-bond acceptors (Lipinski definition) is 2. The van der Waals surface area contributed by atoms with Crippen molar-refractivity contribution in [3.63, 3.8) is 0 Å². The smallest absolute Gasteiger partial charge is 0.0725 e. The Kier molecular flexibility index (Phi) is 5.68. The molecule has 0 fully saturated rings. The Morgan fingerprint density at radius 3 is 1.86 bits per heavy atom. The molecule has 0 saturated carbocycles. The molecule has 86 valence electrons. The van der Waals surface area contributed by atoms with Gasteiger partial charge in [-0.05, 0) is 40.5 Å². The highest BCUT2D eigenvalue weighted by molar-refractivity contribution is 4.75. The summed E-state index contributed by atoms with van der Waals surface area (Å²) in [5.41, 5.74) is 0.174. The summed E-state index contributed by atoms with van der Waals surface area (Å²) in [6.45, 7) is 16.1. The van der Waals surface area contributed by atoms with Crippen LogP contribution in [0, 0.1) is 5.92 Å². The fourth-order valence-electron chi connectivity index (χ4n) is 1.20. The van der Waals surface area contributed by atoms with Gasteiger partial charge in [-0.2, -0.15) is 0 Å². The average Bonchev–Trinajstić information content (AvgIpc) is 1.94. The molecule has 1 atom stereocenters. The Morgan fingerprint density at radius 1 is 1.07 bits per heavy atom. The molecule has 0 aromatic rings. The second-order valence-electron chi connectivity index (χ2n) is 5.60. The van der Waals surface area contributed by atoms with E-state index < -0.39 is 0 Å². The normalized spacial score (nSPS) is 15.2. The van der Waals surface area contributed by atoms with E-state index in [1.165, 1.54) is 0 Å². The summed E-state index contributed by atoms with van der Waals surface area (Å²) in [5.74, 6) is 0.562. The van der Waals surface area contributed by atoms with E-state index in [0.717, 1.165) is 6.54 Å². The first-order valence-electron chi connectivity index (χ1n) is 5.63. The third-order valence-electron chi connectivity index (χ3n) is 2.02. The zero-order chi connectivity index (χ0) is 11.4. The molecule has 2 nitrogen and oxygen atoms in total. The topological polar surface area (TPSA) is 21.3 Å². The first-order chi connectivity index (χ1) is 6.22. The third kappa shape index (κ3) is 7.34. The molecule has 0 rings (SSSR count). The molecule has 0 aliphatic carbocycles. The van der Waals surface area contributed by atoms with Gasteiger partial charge in [0, 0.05) is 12.1 Å². The molecule has 0 heterocycles. The predicted molar refractivity (Wildman–Crippen MR) is 62.6 cm³/mol. The van der Waals surface area contributed by atoms with Crippen molar-refractivity contribution in [1.82, 2.24) is 5.32 Å². The summed E-state index contributed by atoms with van der Waals surface area (Å²) in [6.07, 6.45) is 0.624. The minimum Gasteiger partial charge on any atom is -0.374 e. The van der Waals surface area contributed by atoms with Gasteiger partial charge in [0.15, 0.2) is 0 Å². The van der Waals surface area contributed by atoms with Crippen LogP contribution in [0.5, 0.6) is 0 Å². The fraction of sp³-hybridized carbons (Fsp3) is 1.00. The van der Waals surface area contributed by atoms with E-state index in [4.69, 9.17) is 4.74 Å². The van der Waals surface area contributed by atoms with Crippen molar-refractivity contribution in [1.29, 1.82) is 0 Å². The van der Waals surface area contributed by atoms with Gasteiger partial charge in [0.2, 0.25) is 0 Å². The summed E-state index contributed by atoms with van der Waals surface area (Å²) in [5, 5.41) is 3.48. The SMILES string of the molecule is CC(C)OC(CNC(C)(C)C)C(C)C. The Balaban J connectivity index is 3.98. The van der Waals surface area contributed by atoms with Crippen molar-refractivity contribution in [2.24, 2.45) is 5.92 Å². The lowest BCUT2D eigenvalue weighted by Crippen LogP contribution is -2.43. The van der Waals surface area contributed by atoms with Crippen molar-refractivity contribution in [2.45, 2.75) is 66.2 Å². The number of rotatable bonds is 5. The highest BCUT2D eigenvalue weighted by Crippen LogP contribution is 2.10. The molecule has 2 heteroatoms. The molecular formula is C12H27NO. The van der Waals surface area contributed by atoms with Gasteiger partial charge in [0.05, 0.1) is 12.2 Å². The molecule has 0 bridgehead atoms. The average molecular weight is 201 g/mol. The highest BCUT2D eigenvalue weighted by atomic mass is 16.5. The molecule has 0 aromatic heterocycles. The van der Waals surface area contributed by atoms with E-state index in [0.29, 0.717) is 18.1 Å². The largest absolute Gasteiger partial charge is 0.374 e. The molecule has 0 amide bonds. The Hall–Kier alpha value is -0.0800. The van der Waals surface area contributed by atoms with Crippen LogP contribution in [0.15, 0.2) is 0 Å². The van der Waals surface area contributed by atoms with Gasteiger partial charge >= 0.3 is 0 Å². The van der Waals surface area contributed by atoms with E-state index in [1.807, 2.05) is 0 Å². The van der Waals surface area contributed by atoms with Crippen LogP contribution < -0.4 is 5.32 Å². The van der Waals surface area contributed by atoms with Crippen LogP contribution in [0.4, 0.5) is 0 Å². The van der Waals surface area contributed by atoms with Crippen LogP contribution >= 0.6 is 0 Å². The van der Waals surface area contributed by atoms with E-state index >= 15 is 0 Å². The monoisotopic (exact) mass is 201 g/mol. The van der Waals surface area contributed by atoms with Crippen molar-refractivity contribution in [3.05, 3.63) is 0 Å². The van der Waals surface area contributed by atoms with Crippen molar-refractivity contribution < 1.29 is 4.74 Å². The van der Waals surface area contributed by atoms with Gasteiger partial charge in [-0.3, -0.25) is 0 Å². The van der Waals surface area contributed by atoms with Crippen molar-refractivity contribution >= 4 is 0 Å². The van der Waals surface area contributed by atoms with E-state index in [9.17, 15) is 0 Å². The Morgan fingerprint density at radius 2 is 1.57 bits per heavy atom. The Labute approximate surface area is 89.4 Å². The predicted octanol–water partition coefficient (Wildman–Crippen LogP) is 2.82. The van der Waals surface area contributed by atoms with Crippen LogP contribution in [0.3, 0.4) is 0 Å². The van der Waals surface area contributed by atoms with Gasteiger partial charge < -0.3 is 10.1 Å². The van der Waals surface area contributed by atoms with E-state index in [2.05, 4.69) is 53.8 Å². The first-order valence-corrected chi connectivity index (χ1v) is 5.63. The minimum absolute atomic E-state index is 0.174. The van der Waals surface area contributed by atoms with Gasteiger partial charge in [0.25, 0.3) is 0 Å². The summed E-state index contributed by atoms with van der Waals surface area (Å²) in [6, 6.07) is 0. The highest BCUT2D eigenvalue weighted by Gasteiger charge is 2.18. The first kappa shape index (κ1) is 13.9. The Bertz CT molecular complexity index is 147. The lowest BCUT2D eigenvalue weighted by Gasteiger charge is -2.29. The van der Waals surface area contributed by atoms with Gasteiger partial charge in [-0.1, -0.05) is 13.8 Å². The summed E-state index contributed by atoms with van der Waals surface area (Å²) < 4.78 is 5.84. The number of ether oxygens (including phenoxy) is 1. The molecule has 0 aliphatic heterocycles. The van der Waals surface area contributed by atoms with Crippen LogP contribution in [0.25, 0.3) is 0 Å². The molecule has 14 heavy (non-hydrogen) atoms. The quantitative estimate of drug-likeness (QED) is 0.738. The summed E-state index contributed by atoms with van der Waals surface area (Å²) >= 11 is 0. The summed E-state index contributed by atoms with van der Waals surface area (Å²) in [4.78, 5) is 0. The van der Waals surface area contributed by atoms with Gasteiger partial charge in [0.1, 0.15) is 0 Å². The fourth-order valence-corrected chi connectivity index (χ4v) is 1.20. The molecule has 0 aromatic carbocycles. The van der Waals surface area contributed by atoms with Crippen molar-refractivity contribution in [2.75, 3.05) is 6.54 Å². The van der Waals surface area contributed by atoms with E-state index in [1.54, 1.807) is 0 Å². The van der Waals surface area contributed by atoms with Crippen LogP contribution in [0.2, 0.25) is 0 Å². The zero-order valence-corrected chi connectivity index (χ0v) is 10.8. The maximum Gasteiger partial charge on any atom is 0.0725 e. The molecular weight excluding hydrogens is 174 g/mol. The second-order valence-corrected chi connectivity index (χ2v) is 5.60. The lowest BCUT2D eigenvalue weighted by atomic mass is 10.0. The molecule has 0 spiro atoms. The number of nitrogens with one attached hydrogen (secondary N) is 1. The second kappa shape index (κ2) is 5.72. The maximum absolute atomic E-state index is 5.84. The minimum atomic E-state index is 0.174. The lowest BCUT2D eigenvalue weighted by molar-refractivity contribution is -0.0196. The molecule has 0 radical (unpaired) electrons. The zero-order valence-electron chi connectivity index (χ0n) is 10.8. The van der Waals surface area contributed by atoms with Crippen molar-refractivity contribution in [3.8, 4) is 0 Å². The van der Waals surface area contributed by atoms with Crippen LogP contribution in [0.1, 0.15) is 48.5 Å². The van der Waals surface area contributed by atoms with Crippen LogP contribution in [-0.2, 0) is 4.74 Å². The standard InChI is InChI=1S/C12H27NO/c1-9(2)11(14-10(3)4)8-13-12(5,6)7/h9-11,13H,8H2,1-7H3. The van der Waals surface area contributed by atoms with E-state index in [-0.39, 0.29) is 5.54 Å².